The normalized spacial score (nSPS) is 13.3. The van der Waals surface area contributed by atoms with Crippen LogP contribution < -0.4 is 0 Å². The first-order valence-electron chi connectivity index (χ1n) is 9.55. The molecule has 0 N–H and O–H groups in total. The molecule has 0 bridgehead atoms. The fraction of sp³-hybridized carbons (Fsp3) is 0.944. The predicted octanol–water partition coefficient (Wildman–Crippen LogP) is 3.91. The van der Waals surface area contributed by atoms with E-state index < -0.39 is 17.0 Å². The molecular formula is C18H41NO5Si2. The Bertz CT molecular complexity index is 401. The number of rotatable bonds is 13. The van der Waals surface area contributed by atoms with Crippen LogP contribution in [-0.4, -0.2) is 68.6 Å². The van der Waals surface area contributed by atoms with Crippen LogP contribution in [0.4, 0.5) is 0 Å². The van der Waals surface area contributed by atoms with Crippen LogP contribution in [0, 0.1) is 0 Å². The van der Waals surface area contributed by atoms with Crippen LogP contribution in [0.15, 0.2) is 0 Å². The predicted molar refractivity (Wildman–Crippen MR) is 111 cm³/mol. The molecule has 0 saturated carbocycles. The van der Waals surface area contributed by atoms with Gasteiger partial charge in [-0.1, -0.05) is 33.9 Å². The van der Waals surface area contributed by atoms with Crippen molar-refractivity contribution in [3.8, 4) is 0 Å². The van der Waals surface area contributed by atoms with Crippen LogP contribution in [0.3, 0.4) is 0 Å². The van der Waals surface area contributed by atoms with Gasteiger partial charge in [-0.05, 0) is 31.3 Å². The van der Waals surface area contributed by atoms with E-state index in [1.54, 1.807) is 21.3 Å². The summed E-state index contributed by atoms with van der Waals surface area (Å²) in [5, 5.41) is 0.228. The van der Waals surface area contributed by atoms with E-state index in [4.69, 9.17) is 18.0 Å². The molecule has 0 spiro atoms. The van der Waals surface area contributed by atoms with Crippen molar-refractivity contribution in [1.29, 1.82) is 0 Å². The molecule has 0 atom stereocenters. The summed E-state index contributed by atoms with van der Waals surface area (Å²) in [7, 11) is 0.758. The highest BCUT2D eigenvalue weighted by Gasteiger charge is 2.41. The minimum atomic E-state index is -2.50. The molecule has 6 nitrogen and oxygen atoms in total. The SMILES string of the molecule is CCOC(=O)CCN(CCCC[Si](OC)(OC)OC)[Si](C)(C)C(C)(C)C. The average Bonchev–Trinajstić information content (AvgIpc) is 2.57. The van der Waals surface area contributed by atoms with Gasteiger partial charge in [-0.2, -0.15) is 0 Å². The maximum absolute atomic E-state index is 11.8. The van der Waals surface area contributed by atoms with E-state index in [0.29, 0.717) is 13.0 Å². The summed E-state index contributed by atoms with van der Waals surface area (Å²) < 4.78 is 24.1. The Morgan fingerprint density at radius 2 is 1.50 bits per heavy atom. The van der Waals surface area contributed by atoms with Crippen LogP contribution in [0.1, 0.15) is 47.0 Å². The Morgan fingerprint density at radius 1 is 0.962 bits per heavy atom. The van der Waals surface area contributed by atoms with Gasteiger partial charge in [0.15, 0.2) is 0 Å². The van der Waals surface area contributed by atoms with Gasteiger partial charge in [-0.15, -0.1) is 0 Å². The van der Waals surface area contributed by atoms with Crippen LogP contribution in [-0.2, 0) is 22.8 Å². The van der Waals surface area contributed by atoms with Gasteiger partial charge in [0.2, 0.25) is 0 Å². The highest BCUT2D eigenvalue weighted by atomic mass is 28.4. The van der Waals surface area contributed by atoms with E-state index in [9.17, 15) is 4.79 Å². The van der Waals surface area contributed by atoms with Gasteiger partial charge in [0.1, 0.15) is 8.24 Å². The molecule has 0 aliphatic heterocycles. The van der Waals surface area contributed by atoms with Gasteiger partial charge >= 0.3 is 14.8 Å². The Morgan fingerprint density at radius 3 is 1.92 bits per heavy atom. The number of unbranched alkanes of at least 4 members (excludes halogenated alkanes) is 1. The number of hydrogen-bond acceptors (Lipinski definition) is 6. The van der Waals surface area contributed by atoms with E-state index >= 15 is 0 Å². The zero-order valence-corrected chi connectivity index (χ0v) is 20.4. The molecule has 0 amide bonds. The first kappa shape index (κ1) is 25.7. The highest BCUT2D eigenvalue weighted by molar-refractivity contribution is 6.77. The molecule has 0 radical (unpaired) electrons. The highest BCUT2D eigenvalue weighted by Crippen LogP contribution is 2.38. The number of hydrogen-bond donors (Lipinski definition) is 0. The molecule has 0 fully saturated rings. The monoisotopic (exact) mass is 407 g/mol. The summed E-state index contributed by atoms with van der Waals surface area (Å²) >= 11 is 0. The van der Waals surface area contributed by atoms with Gasteiger partial charge < -0.3 is 22.6 Å². The molecule has 0 aromatic rings. The second-order valence-corrected chi connectivity index (χ2v) is 16.4. The lowest BCUT2D eigenvalue weighted by Gasteiger charge is -2.46. The quantitative estimate of drug-likeness (QED) is 0.262. The van der Waals surface area contributed by atoms with Crippen molar-refractivity contribution in [3.63, 3.8) is 0 Å². The van der Waals surface area contributed by atoms with Gasteiger partial charge in [0.25, 0.3) is 0 Å². The van der Waals surface area contributed by atoms with Crippen molar-refractivity contribution in [2.24, 2.45) is 0 Å². The topological polar surface area (TPSA) is 57.2 Å². The molecule has 0 rings (SSSR count). The van der Waals surface area contributed by atoms with Crippen molar-refractivity contribution in [2.45, 2.75) is 71.1 Å². The van der Waals surface area contributed by atoms with E-state index in [-0.39, 0.29) is 11.0 Å². The lowest BCUT2D eigenvalue weighted by molar-refractivity contribution is -0.143. The Kier molecular flexibility index (Phi) is 11.4. The van der Waals surface area contributed by atoms with Crippen molar-refractivity contribution in [3.05, 3.63) is 0 Å². The van der Waals surface area contributed by atoms with E-state index in [1.807, 2.05) is 6.92 Å². The molecule has 0 aromatic heterocycles. The largest absolute Gasteiger partial charge is 0.500 e. The lowest BCUT2D eigenvalue weighted by Crippen LogP contribution is -2.55. The Labute approximate surface area is 163 Å². The molecule has 0 aromatic carbocycles. The summed E-state index contributed by atoms with van der Waals surface area (Å²) in [6.07, 6.45) is 2.46. The van der Waals surface area contributed by atoms with Gasteiger partial charge in [-0.25, -0.2) is 0 Å². The molecule has 0 aliphatic rings. The molecule has 0 unspecified atom stereocenters. The second-order valence-electron chi connectivity index (χ2n) is 8.10. The molecule has 26 heavy (non-hydrogen) atoms. The molecule has 0 saturated heterocycles. The standard InChI is InChI=1S/C18H41NO5Si2/c1-10-24-17(20)13-15-19(25(8,9)18(2,3)4)14-11-12-16-26(21-5,22-6)23-7/h10-16H2,1-9H3. The molecule has 8 heteroatoms. The van der Waals surface area contributed by atoms with Crippen LogP contribution in [0.5, 0.6) is 0 Å². The maximum Gasteiger partial charge on any atom is 0.500 e. The van der Waals surface area contributed by atoms with Gasteiger partial charge in [0.05, 0.1) is 13.0 Å². The molecule has 0 aliphatic carbocycles. The summed E-state index contributed by atoms with van der Waals surface area (Å²) in [6.45, 7) is 15.7. The molecule has 156 valence electrons. The van der Waals surface area contributed by atoms with Crippen molar-refractivity contribution >= 4 is 23.0 Å². The third-order valence-electron chi connectivity index (χ3n) is 5.61. The second kappa shape index (κ2) is 11.6. The summed E-state index contributed by atoms with van der Waals surface area (Å²) in [5.41, 5.74) is 0. The van der Waals surface area contributed by atoms with Gasteiger partial charge in [0, 0.05) is 33.9 Å². The fourth-order valence-electron chi connectivity index (χ4n) is 2.80. The number of carbonyl (C=O) groups is 1. The third-order valence-corrected chi connectivity index (χ3v) is 14.1. The summed E-state index contributed by atoms with van der Waals surface area (Å²) in [6, 6.07) is 0.805. The molecule has 0 heterocycles. The van der Waals surface area contributed by atoms with Gasteiger partial charge in [-0.3, -0.25) is 4.79 Å². The third kappa shape index (κ3) is 7.78. The first-order chi connectivity index (χ1) is 12.0. The number of ether oxygens (including phenoxy) is 1. The average molecular weight is 408 g/mol. The smallest absolute Gasteiger partial charge is 0.466 e. The Hall–Kier alpha value is -0.256. The van der Waals surface area contributed by atoms with Crippen molar-refractivity contribution in [2.75, 3.05) is 41.0 Å². The first-order valence-corrected chi connectivity index (χ1v) is 14.4. The number of nitrogens with zero attached hydrogens (tertiary/aromatic N) is 1. The summed E-state index contributed by atoms with van der Waals surface area (Å²) in [4.78, 5) is 11.8. The minimum absolute atomic E-state index is 0.110. The van der Waals surface area contributed by atoms with Crippen LogP contribution >= 0.6 is 0 Å². The summed E-state index contributed by atoms with van der Waals surface area (Å²) in [5.74, 6) is -0.110. The molecular weight excluding hydrogens is 366 g/mol. The number of carbonyl (C=O) groups excluding carboxylic acids is 1. The fourth-order valence-corrected chi connectivity index (χ4v) is 6.94. The Balaban J connectivity index is 4.84. The zero-order valence-electron chi connectivity index (χ0n) is 18.4. The minimum Gasteiger partial charge on any atom is -0.466 e. The van der Waals surface area contributed by atoms with E-state index in [1.165, 1.54) is 0 Å². The van der Waals surface area contributed by atoms with Crippen molar-refractivity contribution in [1.82, 2.24) is 4.57 Å². The van der Waals surface area contributed by atoms with Crippen LogP contribution in [0.2, 0.25) is 24.2 Å². The van der Waals surface area contributed by atoms with E-state index in [2.05, 4.69) is 38.4 Å². The zero-order chi connectivity index (χ0) is 20.4. The van der Waals surface area contributed by atoms with Crippen LogP contribution in [0.25, 0.3) is 0 Å². The van der Waals surface area contributed by atoms with E-state index in [0.717, 1.165) is 32.0 Å². The maximum atomic E-state index is 11.8. The number of esters is 1. The lowest BCUT2D eigenvalue weighted by atomic mass is 10.2. The van der Waals surface area contributed by atoms with Crippen molar-refractivity contribution < 1.29 is 22.8 Å².